The van der Waals surface area contributed by atoms with Gasteiger partial charge in [0.1, 0.15) is 12.4 Å². The molecule has 1 aromatic heterocycles. The maximum Gasteiger partial charge on any atom is 0.270 e. The molecule has 3 rings (SSSR count). The summed E-state index contributed by atoms with van der Waals surface area (Å²) in [7, 11) is 1.63. The van der Waals surface area contributed by atoms with Gasteiger partial charge in [0.2, 0.25) is 0 Å². The van der Waals surface area contributed by atoms with Crippen molar-refractivity contribution in [1.29, 1.82) is 0 Å². The molecule has 0 aliphatic rings. The molecule has 0 saturated heterocycles. The second-order valence-corrected chi connectivity index (χ2v) is 5.95. The Labute approximate surface area is 142 Å². The van der Waals surface area contributed by atoms with E-state index < -0.39 is 4.92 Å². The molecule has 0 fully saturated rings. The lowest BCUT2D eigenvalue weighted by Crippen LogP contribution is -2.04. The molecule has 24 heavy (non-hydrogen) atoms. The van der Waals surface area contributed by atoms with E-state index in [9.17, 15) is 10.1 Å². The van der Waals surface area contributed by atoms with Crippen LogP contribution in [0.4, 0.5) is 16.5 Å². The molecule has 0 atom stereocenters. The van der Waals surface area contributed by atoms with Crippen molar-refractivity contribution >= 4 is 38.1 Å². The first-order valence-electron chi connectivity index (χ1n) is 7.19. The normalized spacial score (nSPS) is 10.7. The van der Waals surface area contributed by atoms with Gasteiger partial charge in [0, 0.05) is 24.9 Å². The zero-order valence-corrected chi connectivity index (χ0v) is 13.7. The number of non-ortho nitro benzene ring substituents is 1. The van der Waals surface area contributed by atoms with Gasteiger partial charge in [0.05, 0.1) is 21.7 Å². The van der Waals surface area contributed by atoms with Crippen LogP contribution in [0.2, 0.25) is 0 Å². The molecule has 0 amide bonds. The maximum atomic E-state index is 10.8. The number of hydrogen-bond donors (Lipinski definition) is 1. The number of ether oxygens (including phenoxy) is 2. The van der Waals surface area contributed by atoms with E-state index in [4.69, 9.17) is 9.47 Å². The minimum atomic E-state index is -0.408. The predicted molar refractivity (Wildman–Crippen MR) is 93.4 cm³/mol. The molecule has 0 aliphatic carbocycles. The van der Waals surface area contributed by atoms with E-state index in [0.29, 0.717) is 18.3 Å². The standard InChI is InChI=1S/C16H15N3O4S/c1-22-8-9-23-13-5-2-11(3-6-13)17-16-18-14-7-4-12(19(20)21)10-15(14)24-16/h2-7,10H,8-9H2,1H3,(H,17,18). The van der Waals surface area contributed by atoms with Crippen molar-refractivity contribution in [2.75, 3.05) is 25.6 Å². The largest absolute Gasteiger partial charge is 0.491 e. The smallest absolute Gasteiger partial charge is 0.270 e. The summed E-state index contributed by atoms with van der Waals surface area (Å²) in [5, 5.41) is 14.7. The number of rotatable bonds is 7. The van der Waals surface area contributed by atoms with Gasteiger partial charge in [-0.1, -0.05) is 11.3 Å². The second kappa shape index (κ2) is 7.24. The quantitative estimate of drug-likeness (QED) is 0.396. The van der Waals surface area contributed by atoms with E-state index in [1.807, 2.05) is 24.3 Å². The van der Waals surface area contributed by atoms with Crippen molar-refractivity contribution in [2.45, 2.75) is 0 Å². The molecule has 0 unspecified atom stereocenters. The van der Waals surface area contributed by atoms with Crippen LogP contribution >= 0.6 is 11.3 Å². The molecule has 1 heterocycles. The van der Waals surface area contributed by atoms with Gasteiger partial charge in [-0.2, -0.15) is 0 Å². The predicted octanol–water partition coefficient (Wildman–Crippen LogP) is 3.97. The molecule has 0 bridgehead atoms. The van der Waals surface area contributed by atoms with Crippen molar-refractivity contribution in [3.05, 3.63) is 52.6 Å². The van der Waals surface area contributed by atoms with Gasteiger partial charge in [-0.25, -0.2) is 4.98 Å². The summed E-state index contributed by atoms with van der Waals surface area (Å²) in [6, 6.07) is 12.1. The summed E-state index contributed by atoms with van der Waals surface area (Å²) in [6.45, 7) is 1.04. The van der Waals surface area contributed by atoms with Crippen molar-refractivity contribution in [3.63, 3.8) is 0 Å². The topological polar surface area (TPSA) is 86.5 Å². The number of benzene rings is 2. The van der Waals surface area contributed by atoms with Crippen LogP contribution in [-0.2, 0) is 4.74 Å². The minimum absolute atomic E-state index is 0.0651. The van der Waals surface area contributed by atoms with Gasteiger partial charge in [-0.3, -0.25) is 10.1 Å². The summed E-state index contributed by atoms with van der Waals surface area (Å²) in [6.07, 6.45) is 0. The number of nitrogens with zero attached hydrogens (tertiary/aromatic N) is 2. The Bertz CT molecular complexity index is 848. The van der Waals surface area contributed by atoms with Gasteiger partial charge >= 0.3 is 0 Å². The van der Waals surface area contributed by atoms with Gasteiger partial charge in [0.15, 0.2) is 5.13 Å². The fourth-order valence-corrected chi connectivity index (χ4v) is 3.00. The van der Waals surface area contributed by atoms with E-state index in [0.717, 1.165) is 21.7 Å². The van der Waals surface area contributed by atoms with Gasteiger partial charge in [-0.15, -0.1) is 0 Å². The highest BCUT2D eigenvalue weighted by Gasteiger charge is 2.10. The zero-order chi connectivity index (χ0) is 16.9. The monoisotopic (exact) mass is 345 g/mol. The summed E-state index contributed by atoms with van der Waals surface area (Å²) >= 11 is 1.37. The highest BCUT2D eigenvalue weighted by molar-refractivity contribution is 7.22. The van der Waals surface area contributed by atoms with Crippen LogP contribution in [0.5, 0.6) is 5.75 Å². The van der Waals surface area contributed by atoms with Crippen LogP contribution < -0.4 is 10.1 Å². The molecular weight excluding hydrogens is 330 g/mol. The van der Waals surface area contributed by atoms with Gasteiger partial charge in [0.25, 0.3) is 5.69 Å². The Hall–Kier alpha value is -2.71. The third kappa shape index (κ3) is 3.79. The molecule has 2 aromatic carbocycles. The Morgan fingerprint density at radius 1 is 1.21 bits per heavy atom. The number of aromatic nitrogens is 1. The lowest BCUT2D eigenvalue weighted by atomic mass is 10.3. The summed E-state index contributed by atoms with van der Waals surface area (Å²) < 4.78 is 11.2. The first-order chi connectivity index (χ1) is 11.7. The molecule has 0 aliphatic heterocycles. The molecule has 7 nitrogen and oxygen atoms in total. The number of hydrogen-bond acceptors (Lipinski definition) is 7. The first-order valence-corrected chi connectivity index (χ1v) is 8.01. The first kappa shape index (κ1) is 16.2. The fraction of sp³-hybridized carbons (Fsp3) is 0.188. The Morgan fingerprint density at radius 2 is 2.00 bits per heavy atom. The van der Waals surface area contributed by atoms with E-state index >= 15 is 0 Å². The van der Waals surface area contributed by atoms with Gasteiger partial charge < -0.3 is 14.8 Å². The fourth-order valence-electron chi connectivity index (χ4n) is 2.08. The number of fused-ring (bicyclic) bond motifs is 1. The molecule has 8 heteroatoms. The zero-order valence-electron chi connectivity index (χ0n) is 12.9. The van der Waals surface area contributed by atoms with Crippen LogP contribution in [-0.4, -0.2) is 30.2 Å². The van der Waals surface area contributed by atoms with E-state index in [2.05, 4.69) is 10.3 Å². The minimum Gasteiger partial charge on any atom is -0.491 e. The van der Waals surface area contributed by atoms with Crippen LogP contribution in [0.3, 0.4) is 0 Å². The molecule has 0 saturated carbocycles. The van der Waals surface area contributed by atoms with Crippen molar-refractivity contribution in [3.8, 4) is 5.75 Å². The Balaban J connectivity index is 1.71. The number of nitro groups is 1. The number of anilines is 2. The number of methoxy groups -OCH3 is 1. The van der Waals surface area contributed by atoms with Crippen LogP contribution in [0.15, 0.2) is 42.5 Å². The van der Waals surface area contributed by atoms with Crippen LogP contribution in [0, 0.1) is 10.1 Å². The maximum absolute atomic E-state index is 10.8. The van der Waals surface area contributed by atoms with Crippen molar-refractivity contribution in [1.82, 2.24) is 4.98 Å². The van der Waals surface area contributed by atoms with Gasteiger partial charge in [-0.05, 0) is 30.3 Å². The summed E-state index contributed by atoms with van der Waals surface area (Å²) in [5.74, 6) is 0.762. The SMILES string of the molecule is COCCOc1ccc(Nc2nc3ccc([N+](=O)[O-])cc3s2)cc1. The Morgan fingerprint density at radius 3 is 2.71 bits per heavy atom. The molecule has 0 radical (unpaired) electrons. The molecule has 3 aromatic rings. The lowest BCUT2D eigenvalue weighted by Gasteiger charge is -2.07. The lowest BCUT2D eigenvalue weighted by molar-refractivity contribution is -0.384. The second-order valence-electron chi connectivity index (χ2n) is 4.92. The van der Waals surface area contributed by atoms with E-state index in [1.165, 1.54) is 23.5 Å². The van der Waals surface area contributed by atoms with Crippen LogP contribution in [0.1, 0.15) is 0 Å². The van der Waals surface area contributed by atoms with Crippen LogP contribution in [0.25, 0.3) is 10.2 Å². The average Bonchev–Trinajstić information content (AvgIpc) is 2.98. The molecular formula is C16H15N3O4S. The molecule has 1 N–H and O–H groups in total. The van der Waals surface area contributed by atoms with E-state index in [-0.39, 0.29) is 5.69 Å². The third-order valence-corrected chi connectivity index (χ3v) is 4.18. The average molecular weight is 345 g/mol. The summed E-state index contributed by atoms with van der Waals surface area (Å²) in [4.78, 5) is 14.8. The van der Waals surface area contributed by atoms with Crippen molar-refractivity contribution in [2.24, 2.45) is 0 Å². The number of thiazole rings is 1. The number of nitrogens with one attached hydrogen (secondary N) is 1. The number of nitro benzene ring substituents is 1. The third-order valence-electron chi connectivity index (χ3n) is 3.24. The molecule has 124 valence electrons. The van der Waals surface area contributed by atoms with E-state index in [1.54, 1.807) is 13.2 Å². The molecule has 0 spiro atoms. The summed E-state index contributed by atoms with van der Waals surface area (Å²) in [5.41, 5.74) is 1.66. The highest BCUT2D eigenvalue weighted by Crippen LogP contribution is 2.31. The highest BCUT2D eigenvalue weighted by atomic mass is 32.1. The van der Waals surface area contributed by atoms with Crippen molar-refractivity contribution < 1.29 is 14.4 Å². The Kier molecular flexibility index (Phi) is 4.88.